The van der Waals surface area contributed by atoms with E-state index >= 15 is 0 Å². The van der Waals surface area contributed by atoms with Crippen LogP contribution >= 0.6 is 0 Å². The largest absolute Gasteiger partial charge is 0.493 e. The Morgan fingerprint density at radius 2 is 1.68 bits per heavy atom. The number of benzene rings is 1. The molecular formula is C11H17N5O3. The Labute approximate surface area is 110 Å². The van der Waals surface area contributed by atoms with Gasteiger partial charge in [-0.1, -0.05) is 0 Å². The van der Waals surface area contributed by atoms with Crippen LogP contribution < -0.4 is 36.5 Å². The molecule has 6 N–H and O–H groups in total. The lowest BCUT2D eigenvalue weighted by Gasteiger charge is -2.23. The molecule has 0 saturated carbocycles. The lowest BCUT2D eigenvalue weighted by Crippen LogP contribution is -2.50. The Bertz CT molecular complexity index is 494. The Kier molecular flexibility index (Phi) is 3.36. The first-order chi connectivity index (χ1) is 9.04. The van der Waals surface area contributed by atoms with Crippen molar-refractivity contribution >= 4 is 5.96 Å². The number of nitrogens with zero attached hydrogens (tertiary/aromatic N) is 1. The fourth-order valence-corrected chi connectivity index (χ4v) is 1.84. The predicted octanol–water partition coefficient (Wildman–Crippen LogP) is -0.796. The SMILES string of the molecule is COc1cc(C2(N)N=C(N)NN2)cc(OC)c1OC. The van der Waals surface area contributed by atoms with Crippen molar-refractivity contribution in [2.75, 3.05) is 21.3 Å². The molecule has 1 heterocycles. The minimum absolute atomic E-state index is 0.205. The first kappa shape index (κ1) is 13.2. The molecule has 0 fully saturated rings. The highest BCUT2D eigenvalue weighted by molar-refractivity contribution is 5.79. The lowest BCUT2D eigenvalue weighted by molar-refractivity contribution is 0.317. The third kappa shape index (κ3) is 2.23. The summed E-state index contributed by atoms with van der Waals surface area (Å²) < 4.78 is 15.8. The van der Waals surface area contributed by atoms with Crippen molar-refractivity contribution in [2.45, 2.75) is 5.79 Å². The number of rotatable bonds is 4. The van der Waals surface area contributed by atoms with Gasteiger partial charge in [0.25, 0.3) is 0 Å². The van der Waals surface area contributed by atoms with E-state index in [1.54, 1.807) is 12.1 Å². The first-order valence-electron chi connectivity index (χ1n) is 5.52. The Morgan fingerprint density at radius 1 is 1.11 bits per heavy atom. The number of nitrogens with one attached hydrogen (secondary N) is 2. The Balaban J connectivity index is 2.53. The van der Waals surface area contributed by atoms with Crippen molar-refractivity contribution in [2.24, 2.45) is 16.5 Å². The van der Waals surface area contributed by atoms with Gasteiger partial charge >= 0.3 is 0 Å². The smallest absolute Gasteiger partial charge is 0.209 e. The maximum atomic E-state index is 6.12. The molecule has 19 heavy (non-hydrogen) atoms. The zero-order valence-corrected chi connectivity index (χ0v) is 11.0. The molecule has 2 rings (SSSR count). The van der Waals surface area contributed by atoms with E-state index in [9.17, 15) is 0 Å². The van der Waals surface area contributed by atoms with Crippen molar-refractivity contribution in [3.8, 4) is 17.2 Å². The third-order valence-corrected chi connectivity index (χ3v) is 2.78. The topological polar surface area (TPSA) is 116 Å². The maximum Gasteiger partial charge on any atom is 0.209 e. The zero-order chi connectivity index (χ0) is 14.0. The highest BCUT2D eigenvalue weighted by Crippen LogP contribution is 2.40. The van der Waals surface area contributed by atoms with Gasteiger partial charge in [0.2, 0.25) is 17.5 Å². The molecule has 1 unspecified atom stereocenters. The fourth-order valence-electron chi connectivity index (χ4n) is 1.84. The number of hydrogen-bond donors (Lipinski definition) is 4. The summed E-state index contributed by atoms with van der Waals surface area (Å²) in [5, 5.41) is 0. The third-order valence-electron chi connectivity index (χ3n) is 2.78. The standard InChI is InChI=1S/C11H17N5O3/c1-17-7-4-6(5-8(18-2)9(7)19-3)11(13)14-10(12)15-16-11/h4-5,16H,13H2,1-3H3,(H3,12,14,15). The van der Waals surface area contributed by atoms with E-state index in [0.29, 0.717) is 22.8 Å². The molecule has 1 atom stereocenters. The maximum absolute atomic E-state index is 6.12. The van der Waals surface area contributed by atoms with Crippen molar-refractivity contribution in [3.63, 3.8) is 0 Å². The summed E-state index contributed by atoms with van der Waals surface area (Å²) in [6.07, 6.45) is 0. The van der Waals surface area contributed by atoms with Crippen LogP contribution in [0.1, 0.15) is 5.56 Å². The van der Waals surface area contributed by atoms with Crippen LogP contribution in [0.25, 0.3) is 0 Å². The quantitative estimate of drug-likeness (QED) is 0.564. The Morgan fingerprint density at radius 3 is 2.05 bits per heavy atom. The molecule has 1 aromatic rings. The molecule has 0 spiro atoms. The van der Waals surface area contributed by atoms with Gasteiger partial charge in [-0.25, -0.2) is 4.99 Å². The Hall–Kier alpha value is -2.19. The number of hydrogen-bond acceptors (Lipinski definition) is 8. The molecule has 8 nitrogen and oxygen atoms in total. The highest BCUT2D eigenvalue weighted by Gasteiger charge is 2.33. The summed E-state index contributed by atoms with van der Waals surface area (Å²) in [5.74, 6) is 0.487. The summed E-state index contributed by atoms with van der Waals surface area (Å²) in [4.78, 5) is 4.10. The molecule has 1 aromatic carbocycles. The first-order valence-corrected chi connectivity index (χ1v) is 5.52. The predicted molar refractivity (Wildman–Crippen MR) is 69.9 cm³/mol. The van der Waals surface area contributed by atoms with E-state index in [-0.39, 0.29) is 5.96 Å². The fraction of sp³-hybridized carbons (Fsp3) is 0.364. The number of nitrogens with two attached hydrogens (primary N) is 2. The van der Waals surface area contributed by atoms with Gasteiger partial charge in [0.05, 0.1) is 21.3 Å². The van der Waals surface area contributed by atoms with Crippen LogP contribution in [0.5, 0.6) is 17.2 Å². The van der Waals surface area contributed by atoms with Gasteiger partial charge in [-0.2, -0.15) is 5.43 Å². The average Bonchev–Trinajstić information content (AvgIpc) is 2.77. The van der Waals surface area contributed by atoms with Gasteiger partial charge in [0, 0.05) is 5.56 Å². The lowest BCUT2D eigenvalue weighted by atomic mass is 10.1. The minimum atomic E-state index is -1.18. The van der Waals surface area contributed by atoms with Crippen LogP contribution in [-0.2, 0) is 5.79 Å². The van der Waals surface area contributed by atoms with Crippen LogP contribution in [-0.4, -0.2) is 27.3 Å². The molecule has 0 aromatic heterocycles. The van der Waals surface area contributed by atoms with Gasteiger partial charge in [0.15, 0.2) is 11.5 Å². The zero-order valence-electron chi connectivity index (χ0n) is 11.0. The van der Waals surface area contributed by atoms with Crippen LogP contribution in [0.3, 0.4) is 0 Å². The van der Waals surface area contributed by atoms with Crippen molar-refractivity contribution < 1.29 is 14.2 Å². The van der Waals surface area contributed by atoms with Gasteiger partial charge in [-0.3, -0.25) is 11.2 Å². The van der Waals surface area contributed by atoms with Crippen molar-refractivity contribution in [3.05, 3.63) is 17.7 Å². The van der Waals surface area contributed by atoms with E-state index in [0.717, 1.165) is 0 Å². The van der Waals surface area contributed by atoms with Gasteiger partial charge in [-0.05, 0) is 12.1 Å². The molecule has 0 saturated heterocycles. The van der Waals surface area contributed by atoms with Gasteiger partial charge in [-0.15, -0.1) is 0 Å². The van der Waals surface area contributed by atoms with Gasteiger partial charge in [0.1, 0.15) is 0 Å². The van der Waals surface area contributed by atoms with Crippen molar-refractivity contribution in [1.82, 2.24) is 10.9 Å². The van der Waals surface area contributed by atoms with Crippen LogP contribution in [0.2, 0.25) is 0 Å². The second kappa shape index (κ2) is 4.82. The van der Waals surface area contributed by atoms with E-state index in [4.69, 9.17) is 25.7 Å². The molecule has 1 aliphatic heterocycles. The van der Waals surface area contributed by atoms with E-state index in [2.05, 4.69) is 15.8 Å². The van der Waals surface area contributed by atoms with Crippen LogP contribution in [0, 0.1) is 0 Å². The van der Waals surface area contributed by atoms with E-state index in [1.165, 1.54) is 21.3 Å². The molecule has 0 radical (unpaired) electrons. The second-order valence-electron chi connectivity index (χ2n) is 3.93. The van der Waals surface area contributed by atoms with Gasteiger partial charge < -0.3 is 19.9 Å². The summed E-state index contributed by atoms with van der Waals surface area (Å²) >= 11 is 0. The molecule has 1 aliphatic rings. The minimum Gasteiger partial charge on any atom is -0.493 e. The summed E-state index contributed by atoms with van der Waals surface area (Å²) in [6.45, 7) is 0. The number of aliphatic imine (C=N–C) groups is 1. The molecule has 0 amide bonds. The molecular weight excluding hydrogens is 250 g/mol. The van der Waals surface area contributed by atoms with Crippen LogP contribution in [0.15, 0.2) is 17.1 Å². The highest BCUT2D eigenvalue weighted by atomic mass is 16.5. The number of ether oxygens (including phenoxy) is 3. The average molecular weight is 267 g/mol. The normalized spacial score (nSPS) is 21.6. The number of guanidine groups is 1. The second-order valence-corrected chi connectivity index (χ2v) is 3.93. The molecule has 104 valence electrons. The number of methoxy groups -OCH3 is 3. The molecule has 0 bridgehead atoms. The van der Waals surface area contributed by atoms with E-state index < -0.39 is 5.79 Å². The summed E-state index contributed by atoms with van der Waals surface area (Å²) in [6, 6.07) is 3.41. The van der Waals surface area contributed by atoms with Crippen molar-refractivity contribution in [1.29, 1.82) is 0 Å². The molecule has 0 aliphatic carbocycles. The van der Waals surface area contributed by atoms with Crippen LogP contribution in [0.4, 0.5) is 0 Å². The van der Waals surface area contributed by atoms with E-state index in [1.807, 2.05) is 0 Å². The monoisotopic (exact) mass is 267 g/mol. The number of hydrazine groups is 1. The summed E-state index contributed by atoms with van der Waals surface area (Å²) in [7, 11) is 4.59. The molecule has 8 heteroatoms. The summed E-state index contributed by atoms with van der Waals surface area (Å²) in [5.41, 5.74) is 17.7.